The average molecular weight is 319 g/mol. The van der Waals surface area contributed by atoms with Crippen molar-refractivity contribution in [3.63, 3.8) is 0 Å². The lowest BCUT2D eigenvalue weighted by Crippen LogP contribution is -2.59. The summed E-state index contributed by atoms with van der Waals surface area (Å²) in [5.74, 6) is 3.11. The van der Waals surface area contributed by atoms with Gasteiger partial charge in [0.25, 0.3) is 0 Å². The first-order valence-corrected chi connectivity index (χ1v) is 9.89. The van der Waals surface area contributed by atoms with Crippen LogP contribution >= 0.6 is 0 Å². The summed E-state index contributed by atoms with van der Waals surface area (Å²) in [5, 5.41) is 21.3. The Hall–Kier alpha value is -0.340. The molecule has 0 heterocycles. The first-order valence-electron chi connectivity index (χ1n) is 9.89. The number of fused-ring (bicyclic) bond motifs is 5. The average Bonchev–Trinajstić information content (AvgIpc) is 2.83. The Morgan fingerprint density at radius 3 is 2.52 bits per heavy atom. The van der Waals surface area contributed by atoms with Crippen LogP contribution in [0.5, 0.6) is 0 Å². The van der Waals surface area contributed by atoms with Crippen molar-refractivity contribution in [1.29, 1.82) is 0 Å². The molecule has 0 bridgehead atoms. The highest BCUT2D eigenvalue weighted by Crippen LogP contribution is 2.67. The molecule has 0 aromatic rings. The summed E-state index contributed by atoms with van der Waals surface area (Å²) in [7, 11) is 0. The van der Waals surface area contributed by atoms with Gasteiger partial charge in [-0.05, 0) is 91.8 Å². The van der Waals surface area contributed by atoms with Crippen molar-refractivity contribution < 1.29 is 10.2 Å². The molecular formula is C21H34O2. The van der Waals surface area contributed by atoms with Crippen molar-refractivity contribution in [2.45, 2.75) is 77.4 Å². The number of aliphatic hydroxyl groups is 2. The van der Waals surface area contributed by atoms with Gasteiger partial charge in [-0.3, -0.25) is 0 Å². The molecule has 0 spiro atoms. The lowest BCUT2D eigenvalue weighted by atomic mass is 9.44. The van der Waals surface area contributed by atoms with Gasteiger partial charge < -0.3 is 10.2 Å². The molecule has 2 heteroatoms. The molecule has 4 saturated carbocycles. The summed E-state index contributed by atoms with van der Waals surface area (Å²) in [4.78, 5) is 0. The second-order valence-corrected chi connectivity index (χ2v) is 9.70. The van der Waals surface area contributed by atoms with E-state index >= 15 is 0 Å². The van der Waals surface area contributed by atoms with Crippen molar-refractivity contribution in [3.8, 4) is 0 Å². The molecule has 4 rings (SSSR count). The fourth-order valence-electron chi connectivity index (χ4n) is 7.79. The van der Waals surface area contributed by atoms with Gasteiger partial charge in [0, 0.05) is 0 Å². The van der Waals surface area contributed by atoms with E-state index in [-0.39, 0.29) is 23.0 Å². The fraction of sp³-hybridized carbons (Fsp3) is 0.905. The van der Waals surface area contributed by atoms with E-state index in [0.717, 1.165) is 31.6 Å². The van der Waals surface area contributed by atoms with Gasteiger partial charge in [-0.25, -0.2) is 0 Å². The van der Waals surface area contributed by atoms with Crippen LogP contribution in [0.15, 0.2) is 12.7 Å². The number of rotatable bonds is 1. The van der Waals surface area contributed by atoms with Gasteiger partial charge in [-0.2, -0.15) is 0 Å². The Morgan fingerprint density at radius 1 is 1.00 bits per heavy atom. The molecule has 4 fully saturated rings. The van der Waals surface area contributed by atoms with Gasteiger partial charge in [-0.15, -0.1) is 6.58 Å². The molecule has 0 saturated heterocycles. The second kappa shape index (κ2) is 5.33. The third kappa shape index (κ3) is 2.13. The van der Waals surface area contributed by atoms with Gasteiger partial charge in [0.15, 0.2) is 0 Å². The van der Waals surface area contributed by atoms with Gasteiger partial charge in [0.05, 0.1) is 12.2 Å². The van der Waals surface area contributed by atoms with E-state index in [1.807, 2.05) is 0 Å². The van der Waals surface area contributed by atoms with Gasteiger partial charge in [0.1, 0.15) is 0 Å². The Kier molecular flexibility index (Phi) is 3.74. The Labute approximate surface area is 141 Å². The summed E-state index contributed by atoms with van der Waals surface area (Å²) < 4.78 is 0. The molecular weight excluding hydrogens is 284 g/mol. The molecule has 0 radical (unpaired) electrons. The van der Waals surface area contributed by atoms with E-state index in [9.17, 15) is 10.2 Å². The highest BCUT2D eigenvalue weighted by molar-refractivity contribution is 5.13. The molecule has 4 aliphatic rings. The van der Waals surface area contributed by atoms with E-state index in [1.165, 1.54) is 25.7 Å². The van der Waals surface area contributed by atoms with Crippen molar-refractivity contribution >= 4 is 0 Å². The largest absolute Gasteiger partial charge is 0.393 e. The Morgan fingerprint density at radius 2 is 1.78 bits per heavy atom. The predicted octanol–water partition coefficient (Wildman–Crippen LogP) is 4.16. The molecule has 130 valence electrons. The lowest BCUT2D eigenvalue weighted by Gasteiger charge is -2.62. The van der Waals surface area contributed by atoms with Crippen LogP contribution in [-0.4, -0.2) is 22.4 Å². The van der Waals surface area contributed by atoms with Crippen LogP contribution in [-0.2, 0) is 0 Å². The monoisotopic (exact) mass is 318 g/mol. The van der Waals surface area contributed by atoms with Crippen molar-refractivity contribution in [3.05, 3.63) is 12.7 Å². The molecule has 0 amide bonds. The first-order chi connectivity index (χ1) is 10.9. The van der Waals surface area contributed by atoms with Crippen LogP contribution in [0, 0.1) is 40.4 Å². The molecule has 23 heavy (non-hydrogen) atoms. The van der Waals surface area contributed by atoms with E-state index in [2.05, 4.69) is 26.5 Å². The van der Waals surface area contributed by atoms with Crippen molar-refractivity contribution in [2.24, 2.45) is 40.4 Å². The van der Waals surface area contributed by atoms with E-state index in [0.29, 0.717) is 23.7 Å². The van der Waals surface area contributed by atoms with Crippen molar-refractivity contribution in [2.75, 3.05) is 0 Å². The van der Waals surface area contributed by atoms with Gasteiger partial charge >= 0.3 is 0 Å². The predicted molar refractivity (Wildman–Crippen MR) is 92.8 cm³/mol. The summed E-state index contributed by atoms with van der Waals surface area (Å²) in [6.07, 6.45) is 11.0. The quantitative estimate of drug-likeness (QED) is 0.713. The zero-order valence-corrected chi connectivity index (χ0v) is 14.9. The van der Waals surface area contributed by atoms with Crippen molar-refractivity contribution in [1.82, 2.24) is 0 Å². The first kappa shape index (κ1) is 16.1. The lowest BCUT2D eigenvalue weighted by molar-refractivity contribution is -0.175. The minimum Gasteiger partial charge on any atom is -0.393 e. The molecule has 0 aromatic carbocycles. The standard InChI is InChI=1S/C21H34O2/c1-4-13-6-8-17-16-7-5-14-11-15(22)9-10-20(14,2)19(16)18(23)12-21(13,17)3/h4,13-19,22-23H,1,5-12H2,2-3H3/t13-,14?,15?,16-,17-,18?,19+,20-,21+/m0/s1. The highest BCUT2D eigenvalue weighted by Gasteiger charge is 2.62. The van der Waals surface area contributed by atoms with Gasteiger partial charge in [-0.1, -0.05) is 19.9 Å². The van der Waals surface area contributed by atoms with Crippen LogP contribution in [0.4, 0.5) is 0 Å². The maximum absolute atomic E-state index is 11.2. The zero-order valence-electron chi connectivity index (χ0n) is 14.9. The summed E-state index contributed by atoms with van der Waals surface area (Å²) >= 11 is 0. The summed E-state index contributed by atoms with van der Waals surface area (Å²) in [6, 6.07) is 0. The van der Waals surface area contributed by atoms with Crippen LogP contribution in [0.2, 0.25) is 0 Å². The summed E-state index contributed by atoms with van der Waals surface area (Å²) in [5.41, 5.74) is 0.509. The fourth-order valence-corrected chi connectivity index (χ4v) is 7.79. The molecule has 4 aliphatic carbocycles. The number of allylic oxidation sites excluding steroid dienone is 1. The van der Waals surface area contributed by atoms with Crippen LogP contribution in [0.3, 0.4) is 0 Å². The molecule has 0 aliphatic heterocycles. The zero-order chi connectivity index (χ0) is 16.4. The molecule has 9 atom stereocenters. The van der Waals surface area contributed by atoms with Crippen LogP contribution in [0.25, 0.3) is 0 Å². The molecule has 0 aromatic heterocycles. The van der Waals surface area contributed by atoms with E-state index < -0.39 is 0 Å². The minimum atomic E-state index is -0.162. The molecule has 3 unspecified atom stereocenters. The smallest absolute Gasteiger partial charge is 0.0582 e. The van der Waals surface area contributed by atoms with E-state index in [1.54, 1.807) is 0 Å². The van der Waals surface area contributed by atoms with Crippen LogP contribution < -0.4 is 0 Å². The number of hydrogen-bond donors (Lipinski definition) is 2. The number of aliphatic hydroxyl groups excluding tert-OH is 2. The third-order valence-corrected chi connectivity index (χ3v) is 8.92. The Balaban J connectivity index is 1.67. The SMILES string of the molecule is C=C[C@H]1CC[C@H]2[C@@H]3CCC4CC(O)CC[C@]4(C)[C@H]3C(O)C[C@]12C. The second-order valence-electron chi connectivity index (χ2n) is 9.70. The third-order valence-electron chi connectivity index (χ3n) is 8.92. The summed E-state index contributed by atoms with van der Waals surface area (Å²) in [6.45, 7) is 8.95. The number of hydrogen-bond acceptors (Lipinski definition) is 2. The topological polar surface area (TPSA) is 40.5 Å². The Bertz CT molecular complexity index is 488. The highest BCUT2D eigenvalue weighted by atomic mass is 16.3. The van der Waals surface area contributed by atoms with Crippen LogP contribution in [0.1, 0.15) is 65.2 Å². The normalized spacial score (nSPS) is 58.9. The van der Waals surface area contributed by atoms with E-state index in [4.69, 9.17) is 0 Å². The minimum absolute atomic E-state index is 0.104. The molecule has 2 nitrogen and oxygen atoms in total. The van der Waals surface area contributed by atoms with Gasteiger partial charge in [0.2, 0.25) is 0 Å². The molecule has 2 N–H and O–H groups in total. The maximum atomic E-state index is 11.2. The maximum Gasteiger partial charge on any atom is 0.0582 e.